The minimum Gasteiger partial charge on any atom is -0.382 e. The monoisotopic (exact) mass is 315 g/mol. The van der Waals surface area contributed by atoms with Crippen LogP contribution in [0.2, 0.25) is 0 Å². The van der Waals surface area contributed by atoms with E-state index in [2.05, 4.69) is 10.1 Å². The third kappa shape index (κ3) is 3.12. The lowest BCUT2D eigenvalue weighted by atomic mass is 9.96. The van der Waals surface area contributed by atoms with E-state index in [0.29, 0.717) is 12.3 Å². The first-order valence-corrected chi connectivity index (χ1v) is 7.86. The number of fused-ring (bicyclic) bond motifs is 1. The molecule has 0 aliphatic heterocycles. The number of likely N-dealkylation sites (N-methyl/N-ethyl adjacent to an activating group) is 1. The van der Waals surface area contributed by atoms with Crippen molar-refractivity contribution in [2.24, 2.45) is 0 Å². The largest absolute Gasteiger partial charge is 0.382 e. The molecule has 2 aromatic rings. The molecule has 1 amide bonds. The van der Waals surface area contributed by atoms with Gasteiger partial charge in [-0.1, -0.05) is 11.2 Å². The number of amides is 1. The first-order valence-electron chi connectivity index (χ1n) is 7.86. The Bertz CT molecular complexity index is 669. The van der Waals surface area contributed by atoms with Gasteiger partial charge in [-0.05, 0) is 31.4 Å². The van der Waals surface area contributed by atoms with Gasteiger partial charge < -0.3 is 14.2 Å². The summed E-state index contributed by atoms with van der Waals surface area (Å²) in [4.78, 5) is 18.9. The maximum Gasteiger partial charge on any atom is 0.276 e. The third-order valence-corrected chi connectivity index (χ3v) is 4.29. The Morgan fingerprint density at radius 1 is 1.39 bits per heavy atom. The summed E-state index contributed by atoms with van der Waals surface area (Å²) in [6.07, 6.45) is 5.59. The van der Waals surface area contributed by atoms with Gasteiger partial charge in [0.05, 0.1) is 18.3 Å². The summed E-state index contributed by atoms with van der Waals surface area (Å²) in [5.74, 6) is 0.707. The Morgan fingerprint density at radius 2 is 2.22 bits per heavy atom. The van der Waals surface area contributed by atoms with Crippen molar-refractivity contribution in [2.45, 2.75) is 31.7 Å². The van der Waals surface area contributed by atoms with Gasteiger partial charge >= 0.3 is 0 Å². The molecule has 0 saturated heterocycles. The minimum absolute atomic E-state index is 0.149. The summed E-state index contributed by atoms with van der Waals surface area (Å²) in [6.45, 7) is 0.374. The number of ether oxygens (including phenoxy) is 1. The van der Waals surface area contributed by atoms with E-state index in [1.807, 2.05) is 18.2 Å². The maximum atomic E-state index is 12.9. The summed E-state index contributed by atoms with van der Waals surface area (Å²) in [7, 11) is 3.37. The lowest BCUT2D eigenvalue weighted by Crippen LogP contribution is -2.35. The van der Waals surface area contributed by atoms with Crippen molar-refractivity contribution < 1.29 is 14.1 Å². The number of carbonyl (C=O) groups excluding carboxylic acids is 1. The van der Waals surface area contributed by atoms with Crippen LogP contribution in [-0.2, 0) is 17.6 Å². The molecule has 0 fully saturated rings. The quantitative estimate of drug-likeness (QED) is 0.847. The van der Waals surface area contributed by atoms with Crippen LogP contribution in [0.25, 0.3) is 0 Å². The van der Waals surface area contributed by atoms with E-state index in [4.69, 9.17) is 9.26 Å². The van der Waals surface area contributed by atoms with E-state index in [-0.39, 0.29) is 11.9 Å². The average Bonchev–Trinajstić information content (AvgIpc) is 3.03. The number of nitrogens with zero attached hydrogens (tertiary/aromatic N) is 3. The topological polar surface area (TPSA) is 68.5 Å². The van der Waals surface area contributed by atoms with Crippen molar-refractivity contribution in [2.75, 3.05) is 20.8 Å². The van der Waals surface area contributed by atoms with Crippen molar-refractivity contribution in [3.8, 4) is 0 Å². The first-order chi connectivity index (χ1) is 11.2. The number of hydrogen-bond donors (Lipinski definition) is 0. The molecule has 0 saturated carbocycles. The molecule has 3 rings (SSSR count). The molecular weight excluding hydrogens is 294 g/mol. The number of aromatic nitrogens is 2. The van der Waals surface area contributed by atoms with E-state index in [0.717, 1.165) is 42.7 Å². The molecule has 0 radical (unpaired) electrons. The molecule has 0 unspecified atom stereocenters. The highest BCUT2D eigenvalue weighted by atomic mass is 16.5. The van der Waals surface area contributed by atoms with Gasteiger partial charge in [0.25, 0.3) is 5.91 Å². The number of aryl methyl sites for hydroxylation is 1. The zero-order chi connectivity index (χ0) is 16.2. The summed E-state index contributed by atoms with van der Waals surface area (Å²) < 4.78 is 10.6. The van der Waals surface area contributed by atoms with E-state index in [1.54, 1.807) is 25.3 Å². The number of rotatable bonds is 5. The van der Waals surface area contributed by atoms with Crippen molar-refractivity contribution in [1.82, 2.24) is 15.0 Å². The number of methoxy groups -OCH3 is 1. The number of pyridine rings is 1. The highest BCUT2D eigenvalue weighted by Crippen LogP contribution is 2.27. The highest BCUT2D eigenvalue weighted by molar-refractivity contribution is 5.94. The highest BCUT2D eigenvalue weighted by Gasteiger charge is 2.30. The van der Waals surface area contributed by atoms with Crippen LogP contribution in [-0.4, -0.2) is 41.7 Å². The molecular formula is C17H21N3O3. The van der Waals surface area contributed by atoms with Gasteiger partial charge in [-0.2, -0.15) is 0 Å². The Hall–Kier alpha value is -2.21. The summed E-state index contributed by atoms with van der Waals surface area (Å²) in [5.41, 5.74) is 2.19. The fourth-order valence-corrected chi connectivity index (χ4v) is 2.99. The zero-order valence-electron chi connectivity index (χ0n) is 13.5. The van der Waals surface area contributed by atoms with Gasteiger partial charge in [0.2, 0.25) is 0 Å². The van der Waals surface area contributed by atoms with Gasteiger partial charge in [0.1, 0.15) is 5.76 Å². The van der Waals surface area contributed by atoms with Crippen LogP contribution < -0.4 is 0 Å². The Morgan fingerprint density at radius 3 is 2.96 bits per heavy atom. The Balaban J connectivity index is 1.86. The van der Waals surface area contributed by atoms with E-state index in [1.165, 1.54) is 0 Å². The predicted molar refractivity (Wildman–Crippen MR) is 84.1 cm³/mol. The molecule has 1 aliphatic carbocycles. The lowest BCUT2D eigenvalue weighted by Gasteiger charge is -2.27. The molecule has 0 spiro atoms. The fraction of sp³-hybridized carbons (Fsp3) is 0.471. The summed E-state index contributed by atoms with van der Waals surface area (Å²) >= 11 is 0. The summed E-state index contributed by atoms with van der Waals surface area (Å²) in [6, 6.07) is 5.39. The standard InChI is InChI=1S/C17H21N3O3/c1-20(14(11-22-2)13-8-5-6-10-18-13)17(21)16-12-7-3-4-9-15(12)23-19-16/h5-6,8,10,14H,3-4,7,9,11H2,1-2H3/t14-/m1/s1. The van der Waals surface area contributed by atoms with Crippen LogP contribution in [0.3, 0.4) is 0 Å². The van der Waals surface area contributed by atoms with Crippen LogP contribution in [0, 0.1) is 0 Å². The normalized spacial score (nSPS) is 15.0. The molecule has 0 aromatic carbocycles. The summed E-state index contributed by atoms with van der Waals surface area (Å²) in [5, 5.41) is 4.03. The van der Waals surface area contributed by atoms with Crippen LogP contribution in [0.4, 0.5) is 0 Å². The second-order valence-corrected chi connectivity index (χ2v) is 5.78. The minimum atomic E-state index is -0.260. The first kappa shape index (κ1) is 15.7. The van der Waals surface area contributed by atoms with Crippen molar-refractivity contribution in [1.29, 1.82) is 0 Å². The van der Waals surface area contributed by atoms with Crippen LogP contribution in [0.5, 0.6) is 0 Å². The third-order valence-electron chi connectivity index (χ3n) is 4.29. The fourth-order valence-electron chi connectivity index (χ4n) is 2.99. The second kappa shape index (κ2) is 6.91. The predicted octanol–water partition coefficient (Wildman–Crippen LogP) is 2.41. The SMILES string of the molecule is COC[C@H](c1ccccn1)N(C)C(=O)c1noc2c1CCCC2. The Labute approximate surface area is 135 Å². The zero-order valence-corrected chi connectivity index (χ0v) is 13.5. The van der Waals surface area contributed by atoms with Crippen molar-refractivity contribution in [3.63, 3.8) is 0 Å². The smallest absolute Gasteiger partial charge is 0.276 e. The van der Waals surface area contributed by atoms with E-state index >= 15 is 0 Å². The van der Waals surface area contributed by atoms with Gasteiger partial charge in [-0.15, -0.1) is 0 Å². The van der Waals surface area contributed by atoms with E-state index in [9.17, 15) is 4.79 Å². The lowest BCUT2D eigenvalue weighted by molar-refractivity contribution is 0.0584. The molecule has 2 aromatic heterocycles. The molecule has 6 heteroatoms. The molecule has 23 heavy (non-hydrogen) atoms. The van der Waals surface area contributed by atoms with Crippen LogP contribution >= 0.6 is 0 Å². The van der Waals surface area contributed by atoms with Gasteiger partial charge in [0.15, 0.2) is 5.69 Å². The van der Waals surface area contributed by atoms with Crippen LogP contribution in [0.1, 0.15) is 46.4 Å². The van der Waals surface area contributed by atoms with Crippen molar-refractivity contribution in [3.05, 3.63) is 47.1 Å². The molecule has 0 bridgehead atoms. The number of hydrogen-bond acceptors (Lipinski definition) is 5. The average molecular weight is 315 g/mol. The molecule has 0 N–H and O–H groups in total. The maximum absolute atomic E-state index is 12.9. The molecule has 1 atom stereocenters. The molecule has 1 aliphatic rings. The second-order valence-electron chi connectivity index (χ2n) is 5.78. The van der Waals surface area contributed by atoms with Gasteiger partial charge in [-0.3, -0.25) is 9.78 Å². The van der Waals surface area contributed by atoms with Crippen molar-refractivity contribution >= 4 is 5.91 Å². The number of carbonyl (C=O) groups is 1. The molecule has 2 heterocycles. The molecule has 122 valence electrons. The molecule has 6 nitrogen and oxygen atoms in total. The van der Waals surface area contributed by atoms with Crippen LogP contribution in [0.15, 0.2) is 28.9 Å². The van der Waals surface area contributed by atoms with E-state index < -0.39 is 0 Å². The van der Waals surface area contributed by atoms with Gasteiger partial charge in [-0.25, -0.2) is 0 Å². The van der Waals surface area contributed by atoms with Gasteiger partial charge in [0, 0.05) is 32.3 Å². The Kier molecular flexibility index (Phi) is 4.71.